The summed E-state index contributed by atoms with van der Waals surface area (Å²) in [5.74, 6) is 0. The zero-order chi connectivity index (χ0) is 13.9. The van der Waals surface area contributed by atoms with E-state index in [-0.39, 0.29) is 0 Å². The van der Waals surface area contributed by atoms with Gasteiger partial charge in [0.2, 0.25) is 0 Å². The van der Waals surface area contributed by atoms with E-state index in [9.17, 15) is 13.2 Å². The summed E-state index contributed by atoms with van der Waals surface area (Å²) in [6.07, 6.45) is -4.24. The lowest BCUT2D eigenvalue weighted by atomic mass is 10.1. The van der Waals surface area contributed by atoms with Gasteiger partial charge in [-0.3, -0.25) is 4.90 Å². The molecule has 19 heavy (non-hydrogen) atoms. The number of hydrogen-bond acceptors (Lipinski definition) is 2. The van der Waals surface area contributed by atoms with Gasteiger partial charge in [0, 0.05) is 32.7 Å². The SMILES string of the molecule is CCN1CCN(Cc2ccc(C(F)(F)F)cc2)CC1. The van der Waals surface area contributed by atoms with Gasteiger partial charge in [-0.15, -0.1) is 0 Å². The maximum atomic E-state index is 12.4. The number of rotatable bonds is 3. The number of benzene rings is 1. The topological polar surface area (TPSA) is 6.48 Å². The van der Waals surface area contributed by atoms with Crippen LogP contribution in [0.25, 0.3) is 0 Å². The van der Waals surface area contributed by atoms with Gasteiger partial charge in [0.15, 0.2) is 0 Å². The van der Waals surface area contributed by atoms with Crippen LogP contribution in [0.2, 0.25) is 0 Å². The number of alkyl halides is 3. The van der Waals surface area contributed by atoms with Crippen molar-refractivity contribution < 1.29 is 13.2 Å². The molecule has 106 valence electrons. The zero-order valence-corrected chi connectivity index (χ0v) is 11.1. The highest BCUT2D eigenvalue weighted by molar-refractivity contribution is 5.24. The first-order valence-electron chi connectivity index (χ1n) is 6.60. The minimum Gasteiger partial charge on any atom is -0.301 e. The highest BCUT2D eigenvalue weighted by Gasteiger charge is 2.30. The third-order valence-corrected chi connectivity index (χ3v) is 3.60. The first kappa shape index (κ1) is 14.3. The number of piperazine rings is 1. The highest BCUT2D eigenvalue weighted by Crippen LogP contribution is 2.29. The maximum Gasteiger partial charge on any atom is 0.416 e. The Labute approximate surface area is 111 Å². The van der Waals surface area contributed by atoms with Crippen molar-refractivity contribution in [3.63, 3.8) is 0 Å². The van der Waals surface area contributed by atoms with Crippen LogP contribution in [0.4, 0.5) is 13.2 Å². The molecule has 1 fully saturated rings. The number of nitrogens with zero attached hydrogens (tertiary/aromatic N) is 2. The molecular formula is C14H19F3N2. The van der Waals surface area contributed by atoms with Crippen molar-refractivity contribution in [3.05, 3.63) is 35.4 Å². The Balaban J connectivity index is 1.90. The monoisotopic (exact) mass is 272 g/mol. The molecule has 5 heteroatoms. The lowest BCUT2D eigenvalue weighted by molar-refractivity contribution is -0.137. The molecule has 0 amide bonds. The lowest BCUT2D eigenvalue weighted by Gasteiger charge is -2.34. The molecule has 1 heterocycles. The predicted octanol–water partition coefficient (Wildman–Crippen LogP) is 2.84. The molecule has 1 saturated heterocycles. The van der Waals surface area contributed by atoms with E-state index >= 15 is 0 Å². The van der Waals surface area contributed by atoms with Crippen LogP contribution in [0.15, 0.2) is 24.3 Å². The van der Waals surface area contributed by atoms with Crippen molar-refractivity contribution in [3.8, 4) is 0 Å². The molecule has 0 radical (unpaired) electrons. The van der Waals surface area contributed by atoms with Crippen molar-refractivity contribution >= 4 is 0 Å². The van der Waals surface area contributed by atoms with E-state index in [0.717, 1.165) is 57.0 Å². The van der Waals surface area contributed by atoms with Gasteiger partial charge in [-0.1, -0.05) is 19.1 Å². The van der Waals surface area contributed by atoms with E-state index in [0.29, 0.717) is 0 Å². The van der Waals surface area contributed by atoms with Crippen LogP contribution in [0, 0.1) is 0 Å². The van der Waals surface area contributed by atoms with Gasteiger partial charge in [0.05, 0.1) is 5.56 Å². The Morgan fingerprint density at radius 2 is 1.47 bits per heavy atom. The van der Waals surface area contributed by atoms with Crippen molar-refractivity contribution in [2.24, 2.45) is 0 Å². The van der Waals surface area contributed by atoms with Crippen LogP contribution in [-0.2, 0) is 12.7 Å². The van der Waals surface area contributed by atoms with Gasteiger partial charge in [-0.25, -0.2) is 0 Å². The van der Waals surface area contributed by atoms with Gasteiger partial charge >= 0.3 is 6.18 Å². The minimum atomic E-state index is -4.24. The largest absolute Gasteiger partial charge is 0.416 e. The second-order valence-corrected chi connectivity index (χ2v) is 4.91. The van der Waals surface area contributed by atoms with E-state index < -0.39 is 11.7 Å². The number of likely N-dealkylation sites (N-methyl/N-ethyl adjacent to an activating group) is 1. The second kappa shape index (κ2) is 5.92. The van der Waals surface area contributed by atoms with E-state index in [1.807, 2.05) is 0 Å². The summed E-state index contributed by atoms with van der Waals surface area (Å²) < 4.78 is 37.3. The molecule has 1 aliphatic heterocycles. The standard InChI is InChI=1S/C14H19F3N2/c1-2-18-7-9-19(10-8-18)11-12-3-5-13(6-4-12)14(15,16)17/h3-6H,2,7-11H2,1H3. The van der Waals surface area contributed by atoms with E-state index in [1.165, 1.54) is 0 Å². The molecule has 0 aliphatic carbocycles. The zero-order valence-electron chi connectivity index (χ0n) is 11.1. The van der Waals surface area contributed by atoms with E-state index in [4.69, 9.17) is 0 Å². The second-order valence-electron chi connectivity index (χ2n) is 4.91. The molecule has 0 atom stereocenters. The molecule has 2 nitrogen and oxygen atoms in total. The van der Waals surface area contributed by atoms with Crippen LogP contribution in [0.3, 0.4) is 0 Å². The number of hydrogen-bond donors (Lipinski definition) is 0. The van der Waals surface area contributed by atoms with Gasteiger partial charge in [0.25, 0.3) is 0 Å². The summed E-state index contributed by atoms with van der Waals surface area (Å²) in [6, 6.07) is 5.49. The quantitative estimate of drug-likeness (QED) is 0.835. The minimum absolute atomic E-state index is 0.577. The third-order valence-electron chi connectivity index (χ3n) is 3.60. The Morgan fingerprint density at radius 3 is 1.95 bits per heavy atom. The van der Waals surface area contributed by atoms with Crippen LogP contribution in [0.5, 0.6) is 0 Å². The summed E-state index contributed by atoms with van der Waals surface area (Å²) in [5.41, 5.74) is 0.366. The fraction of sp³-hybridized carbons (Fsp3) is 0.571. The average Bonchev–Trinajstić information content (AvgIpc) is 2.39. The molecule has 2 rings (SSSR count). The summed E-state index contributed by atoms with van der Waals surface area (Å²) in [7, 11) is 0. The first-order valence-corrected chi connectivity index (χ1v) is 6.60. The van der Waals surface area contributed by atoms with Crippen LogP contribution in [0.1, 0.15) is 18.1 Å². The van der Waals surface area contributed by atoms with Crippen molar-refractivity contribution in [2.75, 3.05) is 32.7 Å². The first-order chi connectivity index (χ1) is 8.99. The molecule has 0 saturated carbocycles. The Bertz CT molecular complexity index is 392. The van der Waals surface area contributed by atoms with Crippen molar-refractivity contribution in [1.82, 2.24) is 9.80 Å². The summed E-state index contributed by atoms with van der Waals surface area (Å²) in [6.45, 7) is 7.98. The predicted molar refractivity (Wildman–Crippen MR) is 68.8 cm³/mol. The molecule has 0 aromatic heterocycles. The molecule has 1 aliphatic rings. The average molecular weight is 272 g/mol. The highest BCUT2D eigenvalue weighted by atomic mass is 19.4. The molecule has 0 bridgehead atoms. The molecular weight excluding hydrogens is 253 g/mol. The molecule has 1 aromatic carbocycles. The third kappa shape index (κ3) is 3.94. The Morgan fingerprint density at radius 1 is 0.947 bits per heavy atom. The summed E-state index contributed by atoms with van der Waals surface area (Å²) >= 11 is 0. The molecule has 1 aromatic rings. The lowest BCUT2D eigenvalue weighted by Crippen LogP contribution is -2.45. The van der Waals surface area contributed by atoms with E-state index in [1.54, 1.807) is 12.1 Å². The van der Waals surface area contributed by atoms with Gasteiger partial charge < -0.3 is 4.90 Å². The smallest absolute Gasteiger partial charge is 0.301 e. The molecule has 0 N–H and O–H groups in total. The van der Waals surface area contributed by atoms with Gasteiger partial charge in [-0.2, -0.15) is 13.2 Å². The molecule has 0 unspecified atom stereocenters. The Kier molecular flexibility index (Phi) is 4.47. The van der Waals surface area contributed by atoms with E-state index in [2.05, 4.69) is 16.7 Å². The van der Waals surface area contributed by atoms with Gasteiger partial charge in [0.1, 0.15) is 0 Å². The van der Waals surface area contributed by atoms with Crippen LogP contribution >= 0.6 is 0 Å². The normalized spacial score (nSPS) is 18.7. The fourth-order valence-corrected chi connectivity index (χ4v) is 2.32. The molecule has 0 spiro atoms. The van der Waals surface area contributed by atoms with Crippen LogP contribution in [-0.4, -0.2) is 42.5 Å². The van der Waals surface area contributed by atoms with Crippen molar-refractivity contribution in [1.29, 1.82) is 0 Å². The fourth-order valence-electron chi connectivity index (χ4n) is 2.32. The Hall–Kier alpha value is -1.07. The van der Waals surface area contributed by atoms with Crippen LogP contribution < -0.4 is 0 Å². The maximum absolute atomic E-state index is 12.4. The van der Waals surface area contributed by atoms with Crippen molar-refractivity contribution in [2.45, 2.75) is 19.6 Å². The number of halogens is 3. The van der Waals surface area contributed by atoms with Gasteiger partial charge in [-0.05, 0) is 24.2 Å². The summed E-state index contributed by atoms with van der Waals surface area (Å²) in [5, 5.41) is 0. The summed E-state index contributed by atoms with van der Waals surface area (Å²) in [4.78, 5) is 4.66.